The Labute approximate surface area is 113 Å². The van der Waals surface area contributed by atoms with Gasteiger partial charge in [0.15, 0.2) is 0 Å². The maximum Gasteiger partial charge on any atom is 0.346 e. The molecule has 98 valence electrons. The second-order valence-electron chi connectivity index (χ2n) is 3.76. The van der Waals surface area contributed by atoms with Crippen LogP contribution in [-0.4, -0.2) is 4.92 Å². The van der Waals surface area contributed by atoms with Crippen LogP contribution in [0.1, 0.15) is 5.56 Å². The molecule has 0 aliphatic carbocycles. The van der Waals surface area contributed by atoms with Gasteiger partial charge in [-0.3, -0.25) is 10.1 Å². The monoisotopic (exact) mass is 281 g/mol. The SMILES string of the molecule is O=[N+]([O-])c1c(F)cccc1OCc1cccc(Cl)c1. The summed E-state index contributed by atoms with van der Waals surface area (Å²) in [6.45, 7) is 0.0743. The van der Waals surface area contributed by atoms with E-state index < -0.39 is 16.4 Å². The molecule has 0 aliphatic heterocycles. The lowest BCUT2D eigenvalue weighted by Gasteiger charge is -2.07. The molecule has 0 heterocycles. The fourth-order valence-corrected chi connectivity index (χ4v) is 1.79. The zero-order valence-corrected chi connectivity index (χ0v) is 10.4. The zero-order chi connectivity index (χ0) is 13.8. The van der Waals surface area contributed by atoms with Gasteiger partial charge in [0.1, 0.15) is 6.61 Å². The van der Waals surface area contributed by atoms with Gasteiger partial charge in [0.25, 0.3) is 0 Å². The van der Waals surface area contributed by atoms with Crippen molar-refractivity contribution in [1.29, 1.82) is 0 Å². The predicted octanol–water partition coefficient (Wildman–Crippen LogP) is 3.97. The Morgan fingerprint density at radius 3 is 2.68 bits per heavy atom. The van der Waals surface area contributed by atoms with Crippen LogP contribution in [0.5, 0.6) is 5.75 Å². The fraction of sp³-hybridized carbons (Fsp3) is 0.0769. The first-order valence-corrected chi connectivity index (χ1v) is 5.76. The van der Waals surface area contributed by atoms with E-state index in [4.69, 9.17) is 16.3 Å². The summed E-state index contributed by atoms with van der Waals surface area (Å²) in [4.78, 5) is 9.97. The third-order valence-electron chi connectivity index (χ3n) is 2.42. The zero-order valence-electron chi connectivity index (χ0n) is 9.68. The molecule has 0 N–H and O–H groups in total. The maximum absolute atomic E-state index is 13.3. The number of rotatable bonds is 4. The van der Waals surface area contributed by atoms with Crippen molar-refractivity contribution >= 4 is 17.3 Å². The summed E-state index contributed by atoms with van der Waals surface area (Å²) in [6, 6.07) is 10.6. The van der Waals surface area contributed by atoms with Crippen molar-refractivity contribution in [2.45, 2.75) is 6.61 Å². The summed E-state index contributed by atoms with van der Waals surface area (Å²) < 4.78 is 18.6. The van der Waals surface area contributed by atoms with Gasteiger partial charge in [-0.25, -0.2) is 0 Å². The molecular formula is C13H9ClFNO3. The van der Waals surface area contributed by atoms with E-state index in [2.05, 4.69) is 0 Å². The molecule has 0 spiro atoms. The smallest absolute Gasteiger partial charge is 0.346 e. The summed E-state index contributed by atoms with van der Waals surface area (Å²) in [6.07, 6.45) is 0. The Kier molecular flexibility index (Phi) is 3.97. The molecule has 0 saturated heterocycles. The number of benzene rings is 2. The van der Waals surface area contributed by atoms with E-state index in [1.807, 2.05) is 0 Å². The Balaban J connectivity index is 2.20. The summed E-state index contributed by atoms with van der Waals surface area (Å²) in [7, 11) is 0. The average molecular weight is 282 g/mol. The number of nitro groups is 1. The van der Waals surface area contributed by atoms with Crippen LogP contribution in [0.25, 0.3) is 0 Å². The van der Waals surface area contributed by atoms with Crippen LogP contribution in [0.2, 0.25) is 5.02 Å². The first kappa shape index (κ1) is 13.3. The van der Waals surface area contributed by atoms with Crippen LogP contribution in [-0.2, 0) is 6.61 Å². The molecule has 19 heavy (non-hydrogen) atoms. The number of ether oxygens (including phenoxy) is 1. The molecule has 6 heteroatoms. The van der Waals surface area contributed by atoms with E-state index in [1.165, 1.54) is 12.1 Å². The topological polar surface area (TPSA) is 52.4 Å². The molecule has 0 bridgehead atoms. The van der Waals surface area contributed by atoms with E-state index in [-0.39, 0.29) is 12.4 Å². The summed E-state index contributed by atoms with van der Waals surface area (Å²) in [5.41, 5.74) is 0.0792. The number of hydrogen-bond acceptors (Lipinski definition) is 3. The third-order valence-corrected chi connectivity index (χ3v) is 2.65. The Hall–Kier alpha value is -2.14. The minimum absolute atomic E-state index is 0.0743. The second kappa shape index (κ2) is 5.67. The lowest BCUT2D eigenvalue weighted by molar-refractivity contribution is -0.388. The van der Waals surface area contributed by atoms with Crippen LogP contribution >= 0.6 is 11.6 Å². The van der Waals surface area contributed by atoms with Crippen LogP contribution in [0.15, 0.2) is 42.5 Å². The van der Waals surface area contributed by atoms with Crippen molar-refractivity contribution < 1.29 is 14.1 Å². The molecule has 2 rings (SSSR count). The Morgan fingerprint density at radius 1 is 1.26 bits per heavy atom. The standard InChI is InChI=1S/C13H9ClFNO3/c14-10-4-1-3-9(7-10)8-19-12-6-2-5-11(15)13(12)16(17)18/h1-7H,8H2. The largest absolute Gasteiger partial charge is 0.482 e. The molecule has 0 fully saturated rings. The van der Waals surface area contributed by atoms with E-state index in [9.17, 15) is 14.5 Å². The summed E-state index contributed by atoms with van der Waals surface area (Å²) in [5.74, 6) is -1.03. The number of nitro benzene ring substituents is 1. The van der Waals surface area contributed by atoms with E-state index in [0.717, 1.165) is 11.6 Å². The quantitative estimate of drug-likeness (QED) is 0.629. The first-order valence-electron chi connectivity index (χ1n) is 5.38. The van der Waals surface area contributed by atoms with Crippen molar-refractivity contribution in [1.82, 2.24) is 0 Å². The highest BCUT2D eigenvalue weighted by Gasteiger charge is 2.21. The van der Waals surface area contributed by atoms with Crippen LogP contribution in [0.3, 0.4) is 0 Å². The lowest BCUT2D eigenvalue weighted by Crippen LogP contribution is -2.00. The van der Waals surface area contributed by atoms with Gasteiger partial charge in [0, 0.05) is 5.02 Å². The van der Waals surface area contributed by atoms with Crippen molar-refractivity contribution in [3.63, 3.8) is 0 Å². The Morgan fingerprint density at radius 2 is 2.00 bits per heavy atom. The number of halogens is 2. The van der Waals surface area contributed by atoms with Gasteiger partial charge in [-0.1, -0.05) is 29.8 Å². The number of para-hydroxylation sites is 1. The molecule has 0 saturated carbocycles. The summed E-state index contributed by atoms with van der Waals surface area (Å²) in [5, 5.41) is 11.3. The van der Waals surface area contributed by atoms with Crippen molar-refractivity contribution in [3.8, 4) is 5.75 Å². The normalized spacial score (nSPS) is 10.2. The minimum Gasteiger partial charge on any atom is -0.482 e. The van der Waals surface area contributed by atoms with Gasteiger partial charge in [-0.2, -0.15) is 4.39 Å². The molecule has 0 radical (unpaired) electrons. The van der Waals surface area contributed by atoms with Gasteiger partial charge >= 0.3 is 5.69 Å². The molecule has 4 nitrogen and oxygen atoms in total. The third kappa shape index (κ3) is 3.20. The van der Waals surface area contributed by atoms with Gasteiger partial charge in [0.05, 0.1) is 4.92 Å². The van der Waals surface area contributed by atoms with Crippen molar-refractivity contribution in [2.24, 2.45) is 0 Å². The van der Waals surface area contributed by atoms with Gasteiger partial charge in [-0.15, -0.1) is 0 Å². The number of nitrogens with zero attached hydrogens (tertiary/aromatic N) is 1. The average Bonchev–Trinajstić information content (AvgIpc) is 2.36. The van der Waals surface area contributed by atoms with Crippen LogP contribution in [0, 0.1) is 15.9 Å². The molecular weight excluding hydrogens is 273 g/mol. The molecule has 0 aromatic heterocycles. The van der Waals surface area contributed by atoms with Crippen molar-refractivity contribution in [2.75, 3.05) is 0 Å². The fourth-order valence-electron chi connectivity index (χ4n) is 1.58. The van der Waals surface area contributed by atoms with E-state index >= 15 is 0 Å². The molecule has 0 aliphatic rings. The highest BCUT2D eigenvalue weighted by molar-refractivity contribution is 6.30. The van der Waals surface area contributed by atoms with Gasteiger partial charge < -0.3 is 4.74 Å². The predicted molar refractivity (Wildman–Crippen MR) is 68.8 cm³/mol. The Bertz CT molecular complexity index is 619. The van der Waals surface area contributed by atoms with E-state index in [1.54, 1.807) is 24.3 Å². The maximum atomic E-state index is 13.3. The molecule has 0 amide bonds. The molecule has 0 unspecified atom stereocenters. The second-order valence-corrected chi connectivity index (χ2v) is 4.20. The highest BCUT2D eigenvalue weighted by Crippen LogP contribution is 2.30. The molecule has 2 aromatic carbocycles. The highest BCUT2D eigenvalue weighted by atomic mass is 35.5. The summed E-state index contributed by atoms with van der Waals surface area (Å²) >= 11 is 5.81. The van der Waals surface area contributed by atoms with Crippen molar-refractivity contribution in [3.05, 3.63) is 69.0 Å². The first-order chi connectivity index (χ1) is 9.08. The lowest BCUT2D eigenvalue weighted by atomic mass is 10.2. The van der Waals surface area contributed by atoms with E-state index in [0.29, 0.717) is 5.02 Å². The van der Waals surface area contributed by atoms with Gasteiger partial charge in [-0.05, 0) is 29.8 Å². The van der Waals surface area contributed by atoms with Gasteiger partial charge in [0.2, 0.25) is 11.6 Å². The van der Waals surface area contributed by atoms with Crippen LogP contribution in [0.4, 0.5) is 10.1 Å². The molecule has 0 atom stereocenters. The minimum atomic E-state index is -0.923. The van der Waals surface area contributed by atoms with Crippen LogP contribution < -0.4 is 4.74 Å². The number of hydrogen-bond donors (Lipinski definition) is 0. The molecule has 2 aromatic rings.